The summed E-state index contributed by atoms with van der Waals surface area (Å²) in [4.78, 5) is 11.7. The van der Waals surface area contributed by atoms with Crippen molar-refractivity contribution in [1.82, 2.24) is 5.32 Å². The summed E-state index contributed by atoms with van der Waals surface area (Å²) < 4.78 is 19.0. The summed E-state index contributed by atoms with van der Waals surface area (Å²) in [5.74, 6) is -0.544. The molecule has 0 fully saturated rings. The Morgan fingerprint density at radius 3 is 2.62 bits per heavy atom. The number of hydrogen-bond donors (Lipinski definition) is 3. The summed E-state index contributed by atoms with van der Waals surface area (Å²) in [6.45, 7) is 8.10. The lowest BCUT2D eigenvalue weighted by Crippen LogP contribution is -2.43. The molecule has 0 spiro atoms. The van der Waals surface area contributed by atoms with Crippen LogP contribution in [0.25, 0.3) is 0 Å². The predicted octanol–water partition coefficient (Wildman–Crippen LogP) is 2.52. The maximum Gasteiger partial charge on any atom is 0.239 e. The van der Waals surface area contributed by atoms with E-state index in [2.05, 4.69) is 10.6 Å². The third kappa shape index (κ3) is 5.89. The van der Waals surface area contributed by atoms with Gasteiger partial charge in [-0.15, -0.1) is 0 Å². The summed E-state index contributed by atoms with van der Waals surface area (Å²) in [5, 5.41) is 5.72. The number of nitrogens with two attached hydrogens (primary N) is 1. The molecule has 21 heavy (non-hydrogen) atoms. The van der Waals surface area contributed by atoms with Crippen molar-refractivity contribution in [3.63, 3.8) is 0 Å². The molecule has 0 aliphatic heterocycles. The van der Waals surface area contributed by atoms with Gasteiger partial charge in [0.15, 0.2) is 11.6 Å². The second kappa shape index (κ2) is 7.15. The van der Waals surface area contributed by atoms with Crippen molar-refractivity contribution in [2.24, 2.45) is 0 Å². The number of anilines is 2. The van der Waals surface area contributed by atoms with Crippen LogP contribution in [0.15, 0.2) is 12.1 Å². The van der Waals surface area contributed by atoms with Crippen LogP contribution in [0.1, 0.15) is 34.1 Å². The molecule has 0 aromatic heterocycles. The maximum absolute atomic E-state index is 13.7. The quantitative estimate of drug-likeness (QED) is 0.705. The molecule has 1 aromatic carbocycles. The number of ether oxygens (including phenoxy) is 1. The molecule has 1 amide bonds. The van der Waals surface area contributed by atoms with Crippen LogP contribution < -0.4 is 21.1 Å². The van der Waals surface area contributed by atoms with E-state index in [-0.39, 0.29) is 29.4 Å². The van der Waals surface area contributed by atoms with Gasteiger partial charge in [0, 0.05) is 17.7 Å². The molecule has 0 aliphatic carbocycles. The molecule has 0 aliphatic rings. The number of benzene rings is 1. The van der Waals surface area contributed by atoms with Crippen molar-refractivity contribution < 1.29 is 13.9 Å². The molecular weight excluding hydrogens is 273 g/mol. The molecule has 1 rings (SSSR count). The van der Waals surface area contributed by atoms with Crippen LogP contribution >= 0.6 is 0 Å². The van der Waals surface area contributed by atoms with Crippen LogP contribution in [-0.4, -0.2) is 24.6 Å². The van der Waals surface area contributed by atoms with Gasteiger partial charge in [-0.25, -0.2) is 4.39 Å². The lowest BCUT2D eigenvalue weighted by Gasteiger charge is -2.21. The number of hydrogen-bond acceptors (Lipinski definition) is 4. The minimum absolute atomic E-state index is 0.0559. The Morgan fingerprint density at radius 1 is 1.38 bits per heavy atom. The highest BCUT2D eigenvalue weighted by Crippen LogP contribution is 2.28. The van der Waals surface area contributed by atoms with Crippen LogP contribution in [0.3, 0.4) is 0 Å². The Hall–Kier alpha value is -1.98. The monoisotopic (exact) mass is 297 g/mol. The Kier molecular flexibility index (Phi) is 5.81. The first-order valence-electron chi connectivity index (χ1n) is 6.99. The number of nitrogen functional groups attached to an aromatic ring is 1. The number of carbonyl (C=O) groups excluding carboxylic acids is 1. The first kappa shape index (κ1) is 17.1. The SMILES string of the molecule is CCCOc1cc(NCC(=O)NC(C)(C)C)c(N)cc1F. The third-order valence-corrected chi connectivity index (χ3v) is 2.52. The highest BCUT2D eigenvalue weighted by molar-refractivity contribution is 5.83. The summed E-state index contributed by atoms with van der Waals surface area (Å²) in [7, 11) is 0. The van der Waals surface area contributed by atoms with Crippen molar-refractivity contribution in [2.75, 3.05) is 24.2 Å². The van der Waals surface area contributed by atoms with E-state index in [0.29, 0.717) is 12.3 Å². The molecular formula is C15H24FN3O2. The van der Waals surface area contributed by atoms with Crippen molar-refractivity contribution in [1.29, 1.82) is 0 Å². The molecule has 0 radical (unpaired) electrons. The molecule has 5 nitrogen and oxygen atoms in total. The van der Waals surface area contributed by atoms with Gasteiger partial charge in [0.1, 0.15) is 0 Å². The largest absolute Gasteiger partial charge is 0.490 e. The van der Waals surface area contributed by atoms with Crippen molar-refractivity contribution in [3.8, 4) is 5.75 Å². The number of nitrogens with one attached hydrogen (secondary N) is 2. The molecule has 0 saturated carbocycles. The lowest BCUT2D eigenvalue weighted by molar-refractivity contribution is -0.120. The van der Waals surface area contributed by atoms with Gasteiger partial charge < -0.3 is 21.1 Å². The average molecular weight is 297 g/mol. The van der Waals surface area contributed by atoms with Gasteiger partial charge in [0.25, 0.3) is 0 Å². The van der Waals surface area contributed by atoms with Gasteiger partial charge in [0.2, 0.25) is 5.91 Å². The highest BCUT2D eigenvalue weighted by Gasteiger charge is 2.14. The summed E-state index contributed by atoms with van der Waals surface area (Å²) in [6, 6.07) is 2.67. The van der Waals surface area contributed by atoms with Crippen molar-refractivity contribution in [2.45, 2.75) is 39.7 Å². The van der Waals surface area contributed by atoms with Crippen LogP contribution in [0.4, 0.5) is 15.8 Å². The van der Waals surface area contributed by atoms with Crippen LogP contribution in [0, 0.1) is 5.82 Å². The van der Waals surface area contributed by atoms with E-state index in [9.17, 15) is 9.18 Å². The summed E-state index contributed by atoms with van der Waals surface area (Å²) in [6.07, 6.45) is 0.778. The van der Waals surface area contributed by atoms with E-state index in [1.165, 1.54) is 12.1 Å². The smallest absolute Gasteiger partial charge is 0.239 e. The van der Waals surface area contributed by atoms with E-state index in [0.717, 1.165) is 6.42 Å². The molecule has 0 atom stereocenters. The van der Waals surface area contributed by atoms with E-state index in [1.54, 1.807) is 0 Å². The minimum atomic E-state index is -0.509. The fraction of sp³-hybridized carbons (Fsp3) is 0.533. The fourth-order valence-corrected chi connectivity index (χ4v) is 1.68. The topological polar surface area (TPSA) is 76.4 Å². The molecule has 0 bridgehead atoms. The predicted molar refractivity (Wildman–Crippen MR) is 83.0 cm³/mol. The van der Waals surface area contributed by atoms with Gasteiger partial charge in [-0.3, -0.25) is 4.79 Å². The van der Waals surface area contributed by atoms with E-state index >= 15 is 0 Å². The van der Waals surface area contributed by atoms with Gasteiger partial charge in [-0.1, -0.05) is 6.92 Å². The first-order valence-corrected chi connectivity index (χ1v) is 6.99. The Bertz CT molecular complexity index is 498. The molecule has 0 heterocycles. The third-order valence-electron chi connectivity index (χ3n) is 2.52. The summed E-state index contributed by atoms with van der Waals surface area (Å²) >= 11 is 0. The fourth-order valence-electron chi connectivity index (χ4n) is 1.68. The van der Waals surface area contributed by atoms with Crippen LogP contribution in [-0.2, 0) is 4.79 Å². The number of amides is 1. The average Bonchev–Trinajstić information content (AvgIpc) is 2.34. The lowest BCUT2D eigenvalue weighted by atomic mass is 10.1. The Labute approximate surface area is 125 Å². The van der Waals surface area contributed by atoms with E-state index in [1.807, 2.05) is 27.7 Å². The Morgan fingerprint density at radius 2 is 2.05 bits per heavy atom. The van der Waals surface area contributed by atoms with Gasteiger partial charge in [0.05, 0.1) is 24.5 Å². The van der Waals surface area contributed by atoms with Crippen molar-refractivity contribution >= 4 is 17.3 Å². The Balaban J connectivity index is 2.72. The summed E-state index contributed by atoms with van der Waals surface area (Å²) in [5.41, 5.74) is 6.15. The first-order chi connectivity index (χ1) is 9.73. The zero-order valence-electron chi connectivity index (χ0n) is 13.0. The standard InChI is InChI=1S/C15H24FN3O2/c1-5-6-21-13-8-12(11(17)7-10(13)16)18-9-14(20)19-15(2,3)4/h7-8,18H,5-6,9,17H2,1-4H3,(H,19,20). The normalized spacial score (nSPS) is 11.1. The molecule has 0 saturated heterocycles. The second-order valence-corrected chi connectivity index (χ2v) is 5.87. The van der Waals surface area contributed by atoms with E-state index < -0.39 is 5.82 Å². The number of rotatable bonds is 6. The van der Waals surface area contributed by atoms with E-state index in [4.69, 9.17) is 10.5 Å². The van der Waals surface area contributed by atoms with Crippen molar-refractivity contribution in [3.05, 3.63) is 17.9 Å². The molecule has 1 aromatic rings. The molecule has 6 heteroatoms. The van der Waals surface area contributed by atoms with Gasteiger partial charge in [-0.2, -0.15) is 0 Å². The molecule has 118 valence electrons. The minimum Gasteiger partial charge on any atom is -0.490 e. The number of carbonyl (C=O) groups is 1. The van der Waals surface area contributed by atoms with Gasteiger partial charge >= 0.3 is 0 Å². The zero-order chi connectivity index (χ0) is 16.0. The zero-order valence-corrected chi connectivity index (χ0v) is 13.0. The van der Waals surface area contributed by atoms with Crippen LogP contribution in [0.5, 0.6) is 5.75 Å². The molecule has 4 N–H and O–H groups in total. The maximum atomic E-state index is 13.7. The second-order valence-electron chi connectivity index (χ2n) is 5.87. The number of halogens is 1. The van der Waals surface area contributed by atoms with Gasteiger partial charge in [-0.05, 0) is 27.2 Å². The van der Waals surface area contributed by atoms with Crippen LogP contribution in [0.2, 0.25) is 0 Å². The molecule has 0 unspecified atom stereocenters. The highest BCUT2D eigenvalue weighted by atomic mass is 19.1.